The van der Waals surface area contributed by atoms with Crippen LogP contribution in [0.4, 0.5) is 0 Å². The predicted octanol–water partition coefficient (Wildman–Crippen LogP) is 2.51. The molecule has 1 aliphatic rings. The molecule has 1 aliphatic heterocycles. The lowest BCUT2D eigenvalue weighted by Gasteiger charge is -2.34. The average Bonchev–Trinajstić information content (AvgIpc) is 2.52. The van der Waals surface area contributed by atoms with Gasteiger partial charge in [-0.05, 0) is 31.2 Å². The van der Waals surface area contributed by atoms with Crippen molar-refractivity contribution in [3.63, 3.8) is 0 Å². The molecule has 0 aliphatic carbocycles. The van der Waals surface area contributed by atoms with Crippen molar-refractivity contribution in [2.75, 3.05) is 39.0 Å². The second-order valence-corrected chi connectivity index (χ2v) is 7.00. The molecule has 21 heavy (non-hydrogen) atoms. The van der Waals surface area contributed by atoms with Gasteiger partial charge in [0.2, 0.25) is 5.91 Å². The summed E-state index contributed by atoms with van der Waals surface area (Å²) >= 11 is 1.90. The number of benzene rings is 1. The first kappa shape index (κ1) is 16.4. The number of thioether (sulfide) groups is 1. The molecule has 0 N–H and O–H groups in total. The Labute approximate surface area is 132 Å². The van der Waals surface area contributed by atoms with Crippen molar-refractivity contribution in [2.24, 2.45) is 0 Å². The number of carbonyl (C=O) groups excluding carboxylic acids is 1. The van der Waals surface area contributed by atoms with Crippen LogP contribution in [0.1, 0.15) is 18.9 Å². The van der Waals surface area contributed by atoms with E-state index in [0.717, 1.165) is 32.6 Å². The maximum absolute atomic E-state index is 12.2. The zero-order valence-electron chi connectivity index (χ0n) is 13.1. The molecule has 1 heterocycles. The van der Waals surface area contributed by atoms with Crippen molar-refractivity contribution in [1.82, 2.24) is 9.80 Å². The number of carbonyl (C=O) groups is 1. The Bertz CT molecular complexity index is 438. The minimum atomic E-state index is 0.286. The van der Waals surface area contributed by atoms with E-state index in [1.165, 1.54) is 12.0 Å². The van der Waals surface area contributed by atoms with Gasteiger partial charge in [0.15, 0.2) is 0 Å². The van der Waals surface area contributed by atoms with Crippen LogP contribution in [0.25, 0.3) is 0 Å². The molecule has 3 nitrogen and oxygen atoms in total. The predicted molar refractivity (Wildman–Crippen MR) is 90.8 cm³/mol. The van der Waals surface area contributed by atoms with E-state index < -0.39 is 0 Å². The first-order valence-corrected chi connectivity index (χ1v) is 9.04. The Morgan fingerprint density at radius 1 is 1.19 bits per heavy atom. The Morgan fingerprint density at radius 3 is 2.62 bits per heavy atom. The maximum atomic E-state index is 12.2. The Balaban J connectivity index is 1.72. The van der Waals surface area contributed by atoms with Gasteiger partial charge in [-0.3, -0.25) is 9.69 Å². The van der Waals surface area contributed by atoms with Crippen LogP contribution in [-0.2, 0) is 11.2 Å². The van der Waals surface area contributed by atoms with Crippen LogP contribution in [0.3, 0.4) is 0 Å². The molecule has 0 saturated carbocycles. The summed E-state index contributed by atoms with van der Waals surface area (Å²) < 4.78 is 0. The summed E-state index contributed by atoms with van der Waals surface area (Å²) in [6, 6.07) is 10.4. The van der Waals surface area contributed by atoms with E-state index in [9.17, 15) is 4.79 Å². The van der Waals surface area contributed by atoms with Crippen molar-refractivity contribution in [1.29, 1.82) is 0 Å². The largest absolute Gasteiger partial charge is 0.340 e. The van der Waals surface area contributed by atoms with Crippen molar-refractivity contribution < 1.29 is 4.79 Å². The molecule has 0 spiro atoms. The van der Waals surface area contributed by atoms with Crippen LogP contribution in [0, 0.1) is 0 Å². The Kier molecular flexibility index (Phi) is 6.58. The lowest BCUT2D eigenvalue weighted by molar-refractivity contribution is -0.135. The van der Waals surface area contributed by atoms with E-state index >= 15 is 0 Å². The van der Waals surface area contributed by atoms with E-state index in [4.69, 9.17) is 0 Å². The van der Waals surface area contributed by atoms with Crippen LogP contribution in [0.5, 0.6) is 0 Å². The summed E-state index contributed by atoms with van der Waals surface area (Å²) in [4.78, 5) is 16.5. The van der Waals surface area contributed by atoms with Gasteiger partial charge in [-0.15, -0.1) is 0 Å². The fraction of sp³-hybridized carbons (Fsp3) is 0.588. The van der Waals surface area contributed by atoms with Gasteiger partial charge in [-0.2, -0.15) is 11.8 Å². The number of rotatable bonds is 7. The fourth-order valence-corrected chi connectivity index (χ4v) is 2.92. The number of hydrogen-bond acceptors (Lipinski definition) is 3. The van der Waals surface area contributed by atoms with Gasteiger partial charge in [0, 0.05) is 24.9 Å². The second-order valence-electron chi connectivity index (χ2n) is 5.73. The molecule has 0 radical (unpaired) electrons. The van der Waals surface area contributed by atoms with Gasteiger partial charge in [-0.25, -0.2) is 0 Å². The van der Waals surface area contributed by atoms with Crippen molar-refractivity contribution in [3.8, 4) is 0 Å². The van der Waals surface area contributed by atoms with Crippen molar-refractivity contribution in [2.45, 2.75) is 25.0 Å². The smallest absolute Gasteiger partial charge is 0.236 e. The van der Waals surface area contributed by atoms with Crippen LogP contribution < -0.4 is 0 Å². The summed E-state index contributed by atoms with van der Waals surface area (Å²) in [5.41, 5.74) is 1.31. The zero-order chi connectivity index (χ0) is 15.1. The fourth-order valence-electron chi connectivity index (χ4n) is 2.58. The summed E-state index contributed by atoms with van der Waals surface area (Å²) in [6.07, 6.45) is 4.27. The summed E-state index contributed by atoms with van der Waals surface area (Å²) in [7, 11) is 0. The van der Waals surface area contributed by atoms with Crippen molar-refractivity contribution >= 4 is 17.7 Å². The van der Waals surface area contributed by atoms with Crippen LogP contribution >= 0.6 is 11.8 Å². The van der Waals surface area contributed by atoms with Gasteiger partial charge in [0.25, 0.3) is 0 Å². The minimum absolute atomic E-state index is 0.286. The Hall–Kier alpha value is -1.00. The van der Waals surface area contributed by atoms with Crippen LogP contribution in [0.2, 0.25) is 0 Å². The standard InChI is InChI=1S/C17H26N2OS/c1-15(21-2)8-10-18-12-13-19(17(20)14-18)11-9-16-6-4-3-5-7-16/h3-7,15H,8-14H2,1-2H3/t15-/m0/s1. The molecule has 1 aromatic rings. The molecule has 0 aromatic heterocycles. The van der Waals surface area contributed by atoms with E-state index in [0.29, 0.717) is 11.8 Å². The highest BCUT2D eigenvalue weighted by molar-refractivity contribution is 7.99. The second kappa shape index (κ2) is 8.44. The SMILES string of the molecule is CS[C@@H](C)CCN1CCN(CCc2ccccc2)C(=O)C1. The Morgan fingerprint density at radius 2 is 1.95 bits per heavy atom. The molecular formula is C17H26N2OS. The molecule has 1 fully saturated rings. The lowest BCUT2D eigenvalue weighted by Crippen LogP contribution is -2.51. The molecule has 0 unspecified atom stereocenters. The number of piperazine rings is 1. The molecule has 1 amide bonds. The molecule has 116 valence electrons. The minimum Gasteiger partial charge on any atom is -0.340 e. The van der Waals surface area contributed by atoms with Gasteiger partial charge in [0.05, 0.1) is 6.54 Å². The van der Waals surface area contributed by atoms with Gasteiger partial charge in [0.1, 0.15) is 0 Å². The molecule has 0 bridgehead atoms. The highest BCUT2D eigenvalue weighted by Crippen LogP contribution is 2.12. The summed E-state index contributed by atoms with van der Waals surface area (Å²) in [5.74, 6) is 0.286. The third-order valence-corrected chi connectivity index (χ3v) is 5.21. The number of hydrogen-bond donors (Lipinski definition) is 0. The lowest BCUT2D eigenvalue weighted by atomic mass is 10.1. The van der Waals surface area contributed by atoms with Crippen LogP contribution in [-0.4, -0.2) is 59.9 Å². The highest BCUT2D eigenvalue weighted by Gasteiger charge is 2.23. The normalized spacial score (nSPS) is 18.0. The van der Waals surface area contributed by atoms with Crippen LogP contribution in [0.15, 0.2) is 30.3 Å². The van der Waals surface area contributed by atoms with E-state index in [-0.39, 0.29) is 5.91 Å². The summed E-state index contributed by atoms with van der Waals surface area (Å²) in [5, 5.41) is 0.677. The molecule has 1 atom stereocenters. The molecule has 4 heteroatoms. The van der Waals surface area contributed by atoms with E-state index in [1.54, 1.807) is 0 Å². The monoisotopic (exact) mass is 306 g/mol. The quantitative estimate of drug-likeness (QED) is 0.773. The third-order valence-electron chi connectivity index (χ3n) is 4.17. The van der Waals surface area contributed by atoms with Gasteiger partial charge in [-0.1, -0.05) is 37.3 Å². The van der Waals surface area contributed by atoms with E-state index in [2.05, 4.69) is 42.3 Å². The molecular weight excluding hydrogens is 280 g/mol. The molecule has 2 rings (SSSR count). The third kappa shape index (κ3) is 5.36. The van der Waals surface area contributed by atoms with Gasteiger partial charge >= 0.3 is 0 Å². The maximum Gasteiger partial charge on any atom is 0.236 e. The van der Waals surface area contributed by atoms with Gasteiger partial charge < -0.3 is 4.90 Å². The average molecular weight is 306 g/mol. The first-order valence-electron chi connectivity index (χ1n) is 7.76. The zero-order valence-corrected chi connectivity index (χ0v) is 13.9. The number of nitrogens with zero attached hydrogens (tertiary/aromatic N) is 2. The highest BCUT2D eigenvalue weighted by atomic mass is 32.2. The van der Waals surface area contributed by atoms with Crippen molar-refractivity contribution in [3.05, 3.63) is 35.9 Å². The number of amides is 1. The summed E-state index contributed by atoms with van der Waals surface area (Å²) in [6.45, 7) is 6.62. The molecule has 1 saturated heterocycles. The molecule has 1 aromatic carbocycles. The first-order chi connectivity index (χ1) is 10.2. The topological polar surface area (TPSA) is 23.6 Å². The van der Waals surface area contributed by atoms with E-state index in [1.807, 2.05) is 22.7 Å².